The minimum Gasteiger partial charge on any atom is -0.497 e. The number of carbonyl (C=O) groups excluding carboxylic acids is 2. The highest BCUT2D eigenvalue weighted by molar-refractivity contribution is 5.88. The largest absolute Gasteiger partial charge is 0.497 e. The molecule has 0 fully saturated rings. The highest BCUT2D eigenvalue weighted by atomic mass is 16.5. The van der Waals surface area contributed by atoms with E-state index in [4.69, 9.17) is 9.47 Å². The summed E-state index contributed by atoms with van der Waals surface area (Å²) in [4.78, 5) is 29.0. The van der Waals surface area contributed by atoms with E-state index in [2.05, 4.69) is 5.32 Å². The molecule has 3 aromatic rings. The first kappa shape index (κ1) is 28.8. The van der Waals surface area contributed by atoms with E-state index in [1.165, 1.54) is 5.56 Å². The minimum absolute atomic E-state index is 0.0115. The maximum atomic E-state index is 13.7. The number of amides is 2. The lowest BCUT2D eigenvalue weighted by molar-refractivity contribution is -0.141. The third kappa shape index (κ3) is 8.94. The summed E-state index contributed by atoms with van der Waals surface area (Å²) in [6.45, 7) is 6.77. The van der Waals surface area contributed by atoms with E-state index < -0.39 is 6.04 Å². The number of aryl methyl sites for hydroxylation is 1. The average molecular weight is 517 g/mol. The van der Waals surface area contributed by atoms with Crippen molar-refractivity contribution in [3.05, 3.63) is 95.6 Å². The second kappa shape index (κ2) is 14.8. The summed E-state index contributed by atoms with van der Waals surface area (Å²) in [6.07, 6.45) is 2.06. The van der Waals surface area contributed by atoms with Crippen molar-refractivity contribution in [1.29, 1.82) is 0 Å². The van der Waals surface area contributed by atoms with Gasteiger partial charge in [0.1, 0.15) is 17.5 Å². The Kier molecular flexibility index (Phi) is 11.2. The van der Waals surface area contributed by atoms with Crippen molar-refractivity contribution in [3.63, 3.8) is 0 Å². The van der Waals surface area contributed by atoms with Crippen LogP contribution in [-0.2, 0) is 22.6 Å². The molecule has 0 aliphatic carbocycles. The zero-order valence-corrected chi connectivity index (χ0v) is 23.0. The highest BCUT2D eigenvalue weighted by Crippen LogP contribution is 2.20. The van der Waals surface area contributed by atoms with Gasteiger partial charge in [0.05, 0.1) is 13.7 Å². The van der Waals surface area contributed by atoms with Gasteiger partial charge in [-0.2, -0.15) is 0 Å². The molecule has 6 nitrogen and oxygen atoms in total. The molecule has 2 atom stereocenters. The Bertz CT molecular complexity index is 1150. The molecule has 3 aromatic carbocycles. The van der Waals surface area contributed by atoms with Crippen molar-refractivity contribution in [3.8, 4) is 11.5 Å². The Balaban J connectivity index is 1.81. The highest BCUT2D eigenvalue weighted by Gasteiger charge is 2.30. The van der Waals surface area contributed by atoms with Crippen LogP contribution in [0.2, 0.25) is 0 Å². The van der Waals surface area contributed by atoms with Crippen molar-refractivity contribution in [2.45, 2.75) is 65.1 Å². The summed E-state index contributed by atoms with van der Waals surface area (Å²) in [6, 6.07) is 24.7. The van der Waals surface area contributed by atoms with Crippen LogP contribution in [0, 0.1) is 6.92 Å². The molecule has 0 heterocycles. The molecule has 2 amide bonds. The quantitative estimate of drug-likeness (QED) is 0.278. The van der Waals surface area contributed by atoms with Crippen LogP contribution in [0.25, 0.3) is 0 Å². The van der Waals surface area contributed by atoms with E-state index in [1.54, 1.807) is 12.0 Å². The molecule has 0 unspecified atom stereocenters. The third-order valence-corrected chi connectivity index (χ3v) is 6.58. The van der Waals surface area contributed by atoms with Crippen LogP contribution < -0.4 is 14.8 Å². The number of hydrogen-bond acceptors (Lipinski definition) is 4. The van der Waals surface area contributed by atoms with Gasteiger partial charge in [-0.3, -0.25) is 9.59 Å². The molecule has 38 heavy (non-hydrogen) atoms. The molecule has 0 spiro atoms. The standard InChI is InChI=1S/C32H40N2O4/c1-5-25(3)33-32(36)30(22-26-11-7-6-8-12-26)34(23-27-13-9-14-29(21-27)37-4)31(35)15-10-20-38-28-18-16-24(2)17-19-28/h6-9,11-14,16-19,21,25,30H,5,10,15,20,22-23H2,1-4H3,(H,33,36)/t25-,30+/m1/s1. The fraction of sp³-hybridized carbons (Fsp3) is 0.375. The van der Waals surface area contributed by atoms with Crippen LogP contribution in [0.5, 0.6) is 11.5 Å². The van der Waals surface area contributed by atoms with Gasteiger partial charge >= 0.3 is 0 Å². The van der Waals surface area contributed by atoms with Gasteiger partial charge in [-0.15, -0.1) is 0 Å². The number of ether oxygens (including phenoxy) is 2. The van der Waals surface area contributed by atoms with Crippen LogP contribution in [0.15, 0.2) is 78.9 Å². The number of benzene rings is 3. The number of methoxy groups -OCH3 is 1. The molecule has 0 saturated heterocycles. The monoisotopic (exact) mass is 516 g/mol. The van der Waals surface area contributed by atoms with Crippen LogP contribution in [0.3, 0.4) is 0 Å². The number of carbonyl (C=O) groups is 2. The summed E-state index contributed by atoms with van der Waals surface area (Å²) in [7, 11) is 1.62. The van der Waals surface area contributed by atoms with Gasteiger partial charge in [-0.1, -0.05) is 67.1 Å². The van der Waals surface area contributed by atoms with Crippen molar-refractivity contribution >= 4 is 11.8 Å². The molecule has 0 aliphatic rings. The molecule has 6 heteroatoms. The third-order valence-electron chi connectivity index (χ3n) is 6.58. The first-order chi connectivity index (χ1) is 18.4. The average Bonchev–Trinajstić information content (AvgIpc) is 2.94. The minimum atomic E-state index is -0.650. The summed E-state index contributed by atoms with van der Waals surface area (Å²) in [5, 5.41) is 3.10. The van der Waals surface area contributed by atoms with Crippen molar-refractivity contribution in [1.82, 2.24) is 10.2 Å². The Hall–Kier alpha value is -3.80. The van der Waals surface area contributed by atoms with Gasteiger partial charge in [-0.05, 0) is 62.1 Å². The van der Waals surface area contributed by atoms with E-state index in [-0.39, 0.29) is 24.3 Å². The van der Waals surface area contributed by atoms with Crippen LogP contribution >= 0.6 is 0 Å². The van der Waals surface area contributed by atoms with Crippen LogP contribution in [-0.4, -0.2) is 42.5 Å². The van der Waals surface area contributed by atoms with Crippen molar-refractivity contribution < 1.29 is 19.1 Å². The van der Waals surface area contributed by atoms with Crippen LogP contribution in [0.1, 0.15) is 49.8 Å². The fourth-order valence-electron chi connectivity index (χ4n) is 4.15. The second-order valence-corrected chi connectivity index (χ2v) is 9.66. The molecule has 0 aromatic heterocycles. The molecule has 202 valence electrons. The van der Waals surface area contributed by atoms with Crippen molar-refractivity contribution in [2.24, 2.45) is 0 Å². The zero-order chi connectivity index (χ0) is 27.3. The Morgan fingerprint density at radius 2 is 1.63 bits per heavy atom. The SMILES string of the molecule is CC[C@@H](C)NC(=O)[C@H](Cc1ccccc1)N(Cc1cccc(OC)c1)C(=O)CCCOc1ccc(C)cc1. The van der Waals surface area contributed by atoms with E-state index in [0.29, 0.717) is 31.7 Å². The maximum absolute atomic E-state index is 13.7. The van der Waals surface area contributed by atoms with E-state index in [9.17, 15) is 9.59 Å². The van der Waals surface area contributed by atoms with Gasteiger partial charge in [0.15, 0.2) is 0 Å². The first-order valence-corrected chi connectivity index (χ1v) is 13.4. The molecule has 0 bridgehead atoms. The molecule has 1 N–H and O–H groups in total. The predicted molar refractivity (Wildman–Crippen MR) is 151 cm³/mol. The lowest BCUT2D eigenvalue weighted by Gasteiger charge is -2.32. The molecule has 3 rings (SSSR count). The van der Waals surface area contributed by atoms with E-state index in [1.807, 2.05) is 99.6 Å². The molecule has 0 saturated carbocycles. The maximum Gasteiger partial charge on any atom is 0.243 e. The number of hydrogen-bond donors (Lipinski definition) is 1. The number of rotatable bonds is 14. The van der Waals surface area contributed by atoms with E-state index >= 15 is 0 Å². The van der Waals surface area contributed by atoms with Gasteiger partial charge < -0.3 is 19.7 Å². The first-order valence-electron chi connectivity index (χ1n) is 13.4. The Morgan fingerprint density at radius 1 is 0.921 bits per heavy atom. The van der Waals surface area contributed by atoms with Gasteiger partial charge in [0.25, 0.3) is 0 Å². The number of nitrogens with zero attached hydrogens (tertiary/aromatic N) is 1. The molecular formula is C32H40N2O4. The summed E-state index contributed by atoms with van der Waals surface area (Å²) in [5.41, 5.74) is 3.08. The molecule has 0 aliphatic heterocycles. The zero-order valence-electron chi connectivity index (χ0n) is 23.0. The topological polar surface area (TPSA) is 67.9 Å². The predicted octanol–water partition coefficient (Wildman–Crippen LogP) is 5.72. The van der Waals surface area contributed by atoms with E-state index in [0.717, 1.165) is 23.3 Å². The van der Waals surface area contributed by atoms with Crippen molar-refractivity contribution in [2.75, 3.05) is 13.7 Å². The second-order valence-electron chi connectivity index (χ2n) is 9.66. The number of nitrogens with one attached hydrogen (secondary N) is 1. The lowest BCUT2D eigenvalue weighted by atomic mass is 10.0. The smallest absolute Gasteiger partial charge is 0.243 e. The summed E-state index contributed by atoms with van der Waals surface area (Å²) >= 11 is 0. The Labute approximate surface area is 227 Å². The molecule has 0 radical (unpaired) electrons. The lowest BCUT2D eigenvalue weighted by Crippen LogP contribution is -2.52. The van der Waals surface area contributed by atoms with Gasteiger partial charge in [0, 0.05) is 25.4 Å². The van der Waals surface area contributed by atoms with Gasteiger partial charge in [-0.25, -0.2) is 0 Å². The van der Waals surface area contributed by atoms with Gasteiger partial charge in [0.2, 0.25) is 11.8 Å². The summed E-state index contributed by atoms with van der Waals surface area (Å²) < 4.78 is 11.2. The fourth-order valence-corrected chi connectivity index (χ4v) is 4.15. The Morgan fingerprint density at radius 3 is 2.32 bits per heavy atom. The summed E-state index contributed by atoms with van der Waals surface area (Å²) in [5.74, 6) is 1.27. The van der Waals surface area contributed by atoms with Crippen LogP contribution in [0.4, 0.5) is 0 Å². The molecular weight excluding hydrogens is 476 g/mol. The normalized spacial score (nSPS) is 12.3.